The summed E-state index contributed by atoms with van der Waals surface area (Å²) in [4.78, 5) is 3.73. The van der Waals surface area contributed by atoms with Gasteiger partial charge in [0.05, 0.1) is 17.1 Å². The Morgan fingerprint density at radius 3 is 2.30 bits per heavy atom. The van der Waals surface area contributed by atoms with Crippen LogP contribution in [0.2, 0.25) is 0 Å². The molecule has 0 N–H and O–H groups in total. The molecule has 0 aliphatic heterocycles. The lowest BCUT2D eigenvalue weighted by Gasteiger charge is -2.14. The number of imidazole rings is 1. The van der Waals surface area contributed by atoms with E-state index >= 15 is 0 Å². The molecule has 110 valence electrons. The molecule has 0 fully saturated rings. The first-order chi connectivity index (χ1) is 9.20. The van der Waals surface area contributed by atoms with Gasteiger partial charge in [-0.1, -0.05) is 0 Å². The van der Waals surface area contributed by atoms with Gasteiger partial charge in [0.1, 0.15) is 5.75 Å². The molecule has 0 saturated heterocycles. The summed E-state index contributed by atoms with van der Waals surface area (Å²) in [7, 11) is 0. The minimum atomic E-state index is -4.47. The molecule has 1 aromatic heterocycles. The van der Waals surface area contributed by atoms with Crippen LogP contribution in [0.5, 0.6) is 5.75 Å². The fraction of sp³-hybridized carbons (Fsp3) is 0.500. The largest absolute Gasteiger partial charge is 0.491 e. The van der Waals surface area contributed by atoms with E-state index in [4.69, 9.17) is 4.74 Å². The second-order valence-electron chi connectivity index (χ2n) is 5.21. The van der Waals surface area contributed by atoms with Crippen molar-refractivity contribution in [3.8, 4) is 5.75 Å². The van der Waals surface area contributed by atoms with E-state index in [0.29, 0.717) is 16.8 Å². The van der Waals surface area contributed by atoms with Gasteiger partial charge in [-0.05, 0) is 39.8 Å². The van der Waals surface area contributed by atoms with E-state index in [0.717, 1.165) is 0 Å². The molecular weight excluding hydrogens is 269 g/mol. The number of ether oxygens (including phenoxy) is 1. The monoisotopic (exact) mass is 286 g/mol. The third kappa shape index (κ3) is 2.73. The Morgan fingerprint density at radius 1 is 1.15 bits per heavy atom. The van der Waals surface area contributed by atoms with Crippen molar-refractivity contribution in [1.29, 1.82) is 0 Å². The quantitative estimate of drug-likeness (QED) is 0.835. The van der Waals surface area contributed by atoms with Crippen molar-refractivity contribution in [2.75, 3.05) is 0 Å². The molecule has 20 heavy (non-hydrogen) atoms. The van der Waals surface area contributed by atoms with Crippen molar-refractivity contribution in [3.63, 3.8) is 0 Å². The fourth-order valence-electron chi connectivity index (χ4n) is 2.15. The SMILES string of the molecule is CC(C)Oc1ccc2c(c1)nc(C(F)(F)F)n2C(C)C. The molecule has 1 heterocycles. The predicted molar refractivity (Wildman–Crippen MR) is 70.9 cm³/mol. The van der Waals surface area contributed by atoms with E-state index < -0.39 is 12.0 Å². The van der Waals surface area contributed by atoms with Crippen LogP contribution in [0.25, 0.3) is 11.0 Å². The molecule has 0 aliphatic carbocycles. The van der Waals surface area contributed by atoms with Gasteiger partial charge in [-0.3, -0.25) is 0 Å². The van der Waals surface area contributed by atoms with Crippen molar-refractivity contribution in [2.45, 2.75) is 46.0 Å². The van der Waals surface area contributed by atoms with Crippen LogP contribution >= 0.6 is 0 Å². The Balaban J connectivity index is 2.61. The molecule has 0 radical (unpaired) electrons. The average molecular weight is 286 g/mol. The average Bonchev–Trinajstić information content (AvgIpc) is 2.66. The van der Waals surface area contributed by atoms with Gasteiger partial charge < -0.3 is 9.30 Å². The van der Waals surface area contributed by atoms with Crippen LogP contribution in [0.15, 0.2) is 18.2 Å². The lowest BCUT2D eigenvalue weighted by Crippen LogP contribution is -2.16. The molecule has 2 aromatic rings. The zero-order valence-electron chi connectivity index (χ0n) is 11.8. The zero-order chi connectivity index (χ0) is 15.1. The zero-order valence-corrected chi connectivity index (χ0v) is 11.8. The minimum Gasteiger partial charge on any atom is -0.491 e. The number of hydrogen-bond acceptors (Lipinski definition) is 2. The van der Waals surface area contributed by atoms with Crippen molar-refractivity contribution in [3.05, 3.63) is 24.0 Å². The summed E-state index contributed by atoms with van der Waals surface area (Å²) in [5, 5.41) is 0. The summed E-state index contributed by atoms with van der Waals surface area (Å²) in [6.45, 7) is 7.12. The number of benzene rings is 1. The van der Waals surface area contributed by atoms with E-state index in [1.54, 1.807) is 32.0 Å². The Kier molecular flexibility index (Phi) is 3.67. The first-order valence-electron chi connectivity index (χ1n) is 6.46. The Bertz CT molecular complexity index is 615. The molecule has 2 rings (SSSR count). The number of fused-ring (bicyclic) bond motifs is 1. The number of halogens is 3. The first-order valence-corrected chi connectivity index (χ1v) is 6.46. The minimum absolute atomic E-state index is 0.0401. The van der Waals surface area contributed by atoms with Crippen LogP contribution in [0.3, 0.4) is 0 Å². The van der Waals surface area contributed by atoms with Crippen LogP contribution < -0.4 is 4.74 Å². The summed E-state index contributed by atoms with van der Waals surface area (Å²) in [5.74, 6) is -0.348. The molecule has 6 heteroatoms. The summed E-state index contributed by atoms with van der Waals surface area (Å²) < 4.78 is 45.8. The Hall–Kier alpha value is -1.72. The van der Waals surface area contributed by atoms with Crippen molar-refractivity contribution >= 4 is 11.0 Å². The summed E-state index contributed by atoms with van der Waals surface area (Å²) >= 11 is 0. The van der Waals surface area contributed by atoms with Crippen molar-refractivity contribution in [2.24, 2.45) is 0 Å². The van der Waals surface area contributed by atoms with E-state index in [-0.39, 0.29) is 12.1 Å². The third-order valence-corrected chi connectivity index (χ3v) is 2.80. The molecule has 3 nitrogen and oxygen atoms in total. The van der Waals surface area contributed by atoms with Crippen LogP contribution in [-0.4, -0.2) is 15.7 Å². The Morgan fingerprint density at radius 2 is 1.80 bits per heavy atom. The van der Waals surface area contributed by atoms with Gasteiger partial charge in [-0.25, -0.2) is 4.98 Å². The smallest absolute Gasteiger partial charge is 0.449 e. The van der Waals surface area contributed by atoms with Gasteiger partial charge >= 0.3 is 6.18 Å². The number of alkyl halides is 3. The highest BCUT2D eigenvalue weighted by Gasteiger charge is 2.38. The third-order valence-electron chi connectivity index (χ3n) is 2.80. The van der Waals surface area contributed by atoms with E-state index in [2.05, 4.69) is 4.98 Å². The molecule has 0 amide bonds. The fourth-order valence-corrected chi connectivity index (χ4v) is 2.15. The highest BCUT2D eigenvalue weighted by molar-refractivity contribution is 5.78. The van der Waals surface area contributed by atoms with Crippen LogP contribution in [0.1, 0.15) is 39.6 Å². The van der Waals surface area contributed by atoms with Crippen molar-refractivity contribution < 1.29 is 17.9 Å². The summed E-state index contributed by atoms with van der Waals surface area (Å²) in [6.07, 6.45) is -4.51. The van der Waals surface area contributed by atoms with Gasteiger partial charge in [0.2, 0.25) is 5.82 Å². The highest BCUT2D eigenvalue weighted by Crippen LogP contribution is 2.34. The van der Waals surface area contributed by atoms with E-state index in [1.807, 2.05) is 13.8 Å². The molecule has 0 aliphatic rings. The molecule has 0 saturated carbocycles. The van der Waals surface area contributed by atoms with E-state index in [9.17, 15) is 13.2 Å². The lowest BCUT2D eigenvalue weighted by molar-refractivity contribution is -0.147. The number of hydrogen-bond donors (Lipinski definition) is 0. The molecule has 0 unspecified atom stereocenters. The topological polar surface area (TPSA) is 27.1 Å². The number of rotatable bonds is 3. The maximum Gasteiger partial charge on any atom is 0.449 e. The van der Waals surface area contributed by atoms with Gasteiger partial charge in [-0.2, -0.15) is 13.2 Å². The summed E-state index contributed by atoms with van der Waals surface area (Å²) in [5.41, 5.74) is 0.757. The number of aromatic nitrogens is 2. The van der Waals surface area contributed by atoms with E-state index in [1.165, 1.54) is 4.57 Å². The first kappa shape index (κ1) is 14.7. The van der Waals surface area contributed by atoms with Gasteiger partial charge in [-0.15, -0.1) is 0 Å². The highest BCUT2D eigenvalue weighted by atomic mass is 19.4. The van der Waals surface area contributed by atoms with Crippen LogP contribution in [-0.2, 0) is 6.18 Å². The molecule has 0 atom stereocenters. The molecule has 0 spiro atoms. The Labute approximate surface area is 115 Å². The van der Waals surface area contributed by atoms with Crippen molar-refractivity contribution in [1.82, 2.24) is 9.55 Å². The van der Waals surface area contributed by atoms with Crippen LogP contribution in [0, 0.1) is 0 Å². The van der Waals surface area contributed by atoms with Gasteiger partial charge in [0.15, 0.2) is 0 Å². The second kappa shape index (κ2) is 5.00. The van der Waals surface area contributed by atoms with Gasteiger partial charge in [0.25, 0.3) is 0 Å². The second-order valence-corrected chi connectivity index (χ2v) is 5.21. The predicted octanol–water partition coefficient (Wildman–Crippen LogP) is 4.42. The maximum atomic E-state index is 13.0. The lowest BCUT2D eigenvalue weighted by atomic mass is 10.2. The molecular formula is C14H17F3N2O. The normalized spacial score (nSPS) is 12.7. The van der Waals surface area contributed by atoms with Gasteiger partial charge in [0, 0.05) is 12.1 Å². The van der Waals surface area contributed by atoms with Crippen LogP contribution in [0.4, 0.5) is 13.2 Å². The standard InChI is InChI=1S/C14H17F3N2O/c1-8(2)19-12-6-5-10(20-9(3)4)7-11(12)18-13(19)14(15,16)17/h5-9H,1-4H3. The molecule has 1 aromatic carbocycles. The summed E-state index contributed by atoms with van der Waals surface area (Å²) in [6, 6.07) is 4.51. The molecule has 0 bridgehead atoms. The number of nitrogens with zero attached hydrogens (tertiary/aromatic N) is 2. The maximum absolute atomic E-state index is 13.0.